The average molecular weight is 313 g/mol. The molecule has 2 heterocycles. The molecule has 1 fully saturated rings. The lowest BCUT2D eigenvalue weighted by Crippen LogP contribution is -2.46. The molecule has 2 atom stereocenters. The molecule has 6 heteroatoms. The Morgan fingerprint density at radius 3 is 2.76 bits per heavy atom. The van der Waals surface area contributed by atoms with E-state index in [1.807, 2.05) is 11.7 Å². The molecule has 1 aliphatic heterocycles. The van der Waals surface area contributed by atoms with E-state index in [1.165, 1.54) is 0 Å². The van der Waals surface area contributed by atoms with Crippen LogP contribution in [0.25, 0.3) is 0 Å². The van der Waals surface area contributed by atoms with E-state index in [2.05, 4.69) is 30.3 Å². The maximum atomic E-state index is 12.3. The van der Waals surface area contributed by atoms with Gasteiger partial charge in [0.05, 0.1) is 16.7 Å². The molecule has 0 radical (unpaired) electrons. The van der Waals surface area contributed by atoms with E-state index in [0.29, 0.717) is 5.75 Å². The number of sulfone groups is 1. The number of hydrogen-bond acceptors (Lipinski definition) is 4. The molecule has 0 aromatic carbocycles. The van der Waals surface area contributed by atoms with E-state index < -0.39 is 9.84 Å². The number of nitrogens with one attached hydrogen (secondary N) is 1. The van der Waals surface area contributed by atoms with Gasteiger partial charge in [-0.2, -0.15) is 5.10 Å². The molecule has 0 spiro atoms. The topological polar surface area (TPSA) is 64.0 Å². The van der Waals surface area contributed by atoms with Crippen LogP contribution >= 0.6 is 0 Å². The van der Waals surface area contributed by atoms with E-state index in [-0.39, 0.29) is 11.3 Å². The van der Waals surface area contributed by atoms with Crippen LogP contribution in [0.5, 0.6) is 0 Å². The molecule has 21 heavy (non-hydrogen) atoms. The van der Waals surface area contributed by atoms with E-state index in [1.54, 1.807) is 0 Å². The van der Waals surface area contributed by atoms with Gasteiger partial charge in [-0.1, -0.05) is 13.3 Å². The first-order valence-corrected chi connectivity index (χ1v) is 9.67. The number of likely N-dealkylation sites (N-methyl/N-ethyl adjacent to an activating group) is 1. The monoisotopic (exact) mass is 313 g/mol. The summed E-state index contributed by atoms with van der Waals surface area (Å²) in [7, 11) is -1.10. The smallest absolute Gasteiger partial charge is 0.154 e. The van der Waals surface area contributed by atoms with Crippen molar-refractivity contribution in [2.75, 3.05) is 12.8 Å². The SMILES string of the molecule is CCc1cc(CC(NC)C2CCCCS2(=O)=O)n(CC)n1. The summed E-state index contributed by atoms with van der Waals surface area (Å²) < 4.78 is 26.7. The number of aromatic nitrogens is 2. The predicted molar refractivity (Wildman–Crippen MR) is 85.3 cm³/mol. The Labute approximate surface area is 128 Å². The second-order valence-electron chi connectivity index (χ2n) is 5.80. The summed E-state index contributed by atoms with van der Waals surface area (Å²) in [5.41, 5.74) is 2.21. The maximum absolute atomic E-state index is 12.3. The van der Waals surface area contributed by atoms with E-state index in [9.17, 15) is 8.42 Å². The van der Waals surface area contributed by atoms with Crippen molar-refractivity contribution in [2.24, 2.45) is 0 Å². The lowest BCUT2D eigenvalue weighted by molar-refractivity contribution is 0.445. The van der Waals surface area contributed by atoms with Gasteiger partial charge >= 0.3 is 0 Å². The summed E-state index contributed by atoms with van der Waals surface area (Å²) in [6.07, 6.45) is 4.22. The van der Waals surface area contributed by atoms with E-state index >= 15 is 0 Å². The van der Waals surface area contributed by atoms with Gasteiger partial charge in [0, 0.05) is 24.7 Å². The Bertz CT molecular complexity index is 565. The Morgan fingerprint density at radius 1 is 1.43 bits per heavy atom. The lowest BCUT2D eigenvalue weighted by atomic mass is 10.0. The Balaban J connectivity index is 2.20. The first-order valence-electron chi connectivity index (χ1n) is 7.96. The number of aryl methyl sites for hydroxylation is 2. The van der Waals surface area contributed by atoms with Crippen molar-refractivity contribution >= 4 is 9.84 Å². The van der Waals surface area contributed by atoms with Crippen molar-refractivity contribution in [1.82, 2.24) is 15.1 Å². The summed E-state index contributed by atoms with van der Waals surface area (Å²) in [4.78, 5) is 0. The van der Waals surface area contributed by atoms with Gasteiger partial charge in [0.1, 0.15) is 0 Å². The largest absolute Gasteiger partial charge is 0.315 e. The van der Waals surface area contributed by atoms with E-state index in [4.69, 9.17) is 0 Å². The van der Waals surface area contributed by atoms with Crippen molar-refractivity contribution in [3.05, 3.63) is 17.5 Å². The highest BCUT2D eigenvalue weighted by Crippen LogP contribution is 2.24. The molecule has 1 aliphatic rings. The van der Waals surface area contributed by atoms with Gasteiger partial charge in [0.2, 0.25) is 0 Å². The molecular weight excluding hydrogens is 286 g/mol. The molecule has 1 aromatic heterocycles. The van der Waals surface area contributed by atoms with Gasteiger partial charge in [0.15, 0.2) is 9.84 Å². The Hall–Kier alpha value is -0.880. The summed E-state index contributed by atoms with van der Waals surface area (Å²) in [5, 5.41) is 7.53. The first kappa shape index (κ1) is 16.5. The van der Waals surface area contributed by atoms with Crippen molar-refractivity contribution < 1.29 is 8.42 Å². The summed E-state index contributed by atoms with van der Waals surface area (Å²) >= 11 is 0. The van der Waals surface area contributed by atoms with Gasteiger partial charge in [-0.05, 0) is 39.3 Å². The minimum absolute atomic E-state index is 0.0259. The van der Waals surface area contributed by atoms with Crippen LogP contribution in [0.2, 0.25) is 0 Å². The minimum atomic E-state index is -2.97. The molecule has 0 aliphatic carbocycles. The van der Waals surface area contributed by atoms with Crippen LogP contribution in [-0.2, 0) is 29.2 Å². The summed E-state index contributed by atoms with van der Waals surface area (Å²) in [6, 6.07) is 2.09. The van der Waals surface area contributed by atoms with Crippen LogP contribution in [0.4, 0.5) is 0 Å². The zero-order valence-corrected chi connectivity index (χ0v) is 14.1. The fourth-order valence-corrected chi connectivity index (χ4v) is 5.37. The molecule has 2 unspecified atom stereocenters. The maximum Gasteiger partial charge on any atom is 0.154 e. The zero-order valence-electron chi connectivity index (χ0n) is 13.3. The van der Waals surface area contributed by atoms with Gasteiger partial charge in [0.25, 0.3) is 0 Å². The third kappa shape index (κ3) is 3.66. The Kier molecular flexibility index (Phi) is 5.43. The standard InChI is InChI=1S/C15H27N3O2S/c1-4-12-10-13(18(5-2)17-12)11-14(16-3)15-8-6-7-9-21(15,19)20/h10,14-16H,4-9,11H2,1-3H3. The van der Waals surface area contributed by atoms with Gasteiger partial charge in [-0.15, -0.1) is 0 Å². The van der Waals surface area contributed by atoms with Crippen LogP contribution < -0.4 is 5.32 Å². The third-order valence-electron chi connectivity index (χ3n) is 4.45. The van der Waals surface area contributed by atoms with Gasteiger partial charge < -0.3 is 5.32 Å². The predicted octanol–water partition coefficient (Wildman–Crippen LogP) is 1.56. The second kappa shape index (κ2) is 6.92. The highest BCUT2D eigenvalue weighted by molar-refractivity contribution is 7.92. The fourth-order valence-electron chi connectivity index (χ4n) is 3.20. The number of hydrogen-bond donors (Lipinski definition) is 1. The zero-order chi connectivity index (χ0) is 15.5. The molecule has 1 aromatic rings. The molecule has 0 saturated carbocycles. The average Bonchev–Trinajstić information content (AvgIpc) is 2.87. The molecule has 0 bridgehead atoms. The van der Waals surface area contributed by atoms with Crippen LogP contribution in [0.3, 0.4) is 0 Å². The molecule has 1 N–H and O–H groups in total. The molecular formula is C15H27N3O2S. The minimum Gasteiger partial charge on any atom is -0.315 e. The number of rotatable bonds is 6. The summed E-state index contributed by atoms with van der Waals surface area (Å²) in [5.74, 6) is 0.336. The van der Waals surface area contributed by atoms with E-state index in [0.717, 1.165) is 50.0 Å². The Morgan fingerprint density at radius 2 is 2.19 bits per heavy atom. The van der Waals surface area contributed by atoms with Crippen molar-refractivity contribution in [3.63, 3.8) is 0 Å². The second-order valence-corrected chi connectivity index (χ2v) is 8.14. The molecule has 5 nitrogen and oxygen atoms in total. The molecule has 0 amide bonds. The van der Waals surface area contributed by atoms with Crippen LogP contribution in [-0.4, -0.2) is 42.3 Å². The van der Waals surface area contributed by atoms with Gasteiger partial charge in [-0.3, -0.25) is 4.68 Å². The van der Waals surface area contributed by atoms with Crippen LogP contribution in [0.1, 0.15) is 44.5 Å². The highest BCUT2D eigenvalue weighted by Gasteiger charge is 2.35. The van der Waals surface area contributed by atoms with Crippen LogP contribution in [0, 0.1) is 0 Å². The third-order valence-corrected chi connectivity index (χ3v) is 6.80. The van der Waals surface area contributed by atoms with Gasteiger partial charge in [-0.25, -0.2) is 8.42 Å². The quantitative estimate of drug-likeness (QED) is 0.866. The lowest BCUT2D eigenvalue weighted by Gasteiger charge is -2.30. The molecule has 120 valence electrons. The summed E-state index contributed by atoms with van der Waals surface area (Å²) in [6.45, 7) is 4.98. The highest BCUT2D eigenvalue weighted by atomic mass is 32.2. The first-order chi connectivity index (χ1) is 10.0. The van der Waals surface area contributed by atoms with Crippen molar-refractivity contribution in [1.29, 1.82) is 0 Å². The van der Waals surface area contributed by atoms with Crippen LogP contribution in [0.15, 0.2) is 6.07 Å². The molecule has 2 rings (SSSR count). The van der Waals surface area contributed by atoms with Crippen molar-refractivity contribution in [2.45, 2.75) is 63.8 Å². The van der Waals surface area contributed by atoms with Crippen molar-refractivity contribution in [3.8, 4) is 0 Å². The fraction of sp³-hybridized carbons (Fsp3) is 0.800. The normalized spacial score (nSPS) is 23.1. The molecule has 1 saturated heterocycles. The number of nitrogens with zero attached hydrogens (tertiary/aromatic N) is 2.